The van der Waals surface area contributed by atoms with Crippen molar-refractivity contribution in [3.8, 4) is 10.6 Å². The van der Waals surface area contributed by atoms with Crippen molar-refractivity contribution in [1.29, 1.82) is 0 Å². The Hall–Kier alpha value is -2.63. The minimum atomic E-state index is -3.53. The number of hydrogen-bond donors (Lipinski definition) is 1. The standard InChI is InChI=1S/C27H28N4O3S3/c1-30-16-13-20-23(17-30)36-27(24(20)26-28-21-7-3-4-8-22(21)35-26)29-25(32)18-9-11-19(12-10-18)37(33,34)31-14-5-2-6-15-31/h3-4,7-12H,2,5-6,13-17H2,1H3,(H,29,32). The second kappa shape index (κ2) is 9.92. The van der Waals surface area contributed by atoms with Crippen LogP contribution in [0.15, 0.2) is 53.4 Å². The van der Waals surface area contributed by atoms with Crippen LogP contribution in [0.1, 0.15) is 40.1 Å². The molecule has 7 nitrogen and oxygen atoms in total. The second-order valence-electron chi connectivity index (χ2n) is 9.63. The number of benzene rings is 2. The first kappa shape index (κ1) is 24.7. The van der Waals surface area contributed by atoms with Crippen molar-refractivity contribution in [3.05, 3.63) is 64.5 Å². The van der Waals surface area contributed by atoms with Gasteiger partial charge >= 0.3 is 0 Å². The number of carbonyl (C=O) groups is 1. The highest BCUT2D eigenvalue weighted by molar-refractivity contribution is 7.89. The van der Waals surface area contributed by atoms with Crippen LogP contribution in [0.5, 0.6) is 0 Å². The average Bonchev–Trinajstić information content (AvgIpc) is 3.49. The minimum absolute atomic E-state index is 0.232. The topological polar surface area (TPSA) is 82.6 Å². The number of fused-ring (bicyclic) bond motifs is 2. The molecule has 37 heavy (non-hydrogen) atoms. The minimum Gasteiger partial charge on any atom is -0.313 e. The Bertz CT molecular complexity index is 1540. The van der Waals surface area contributed by atoms with Gasteiger partial charge in [0.25, 0.3) is 5.91 Å². The Labute approximate surface area is 224 Å². The molecule has 10 heteroatoms. The summed E-state index contributed by atoms with van der Waals surface area (Å²) in [4.78, 5) is 22.0. The van der Waals surface area contributed by atoms with Crippen molar-refractivity contribution < 1.29 is 13.2 Å². The molecular formula is C27H28N4O3S3. The van der Waals surface area contributed by atoms with Crippen molar-refractivity contribution in [2.24, 2.45) is 0 Å². The molecular weight excluding hydrogens is 525 g/mol. The quantitative estimate of drug-likeness (QED) is 0.357. The van der Waals surface area contributed by atoms with Crippen LogP contribution in [-0.2, 0) is 23.0 Å². The fourth-order valence-electron chi connectivity index (χ4n) is 5.03. The lowest BCUT2D eigenvalue weighted by Gasteiger charge is -2.25. The number of para-hydroxylation sites is 1. The van der Waals surface area contributed by atoms with Crippen LogP contribution in [0, 0.1) is 0 Å². The third-order valence-corrected chi connectivity index (χ3v) is 11.2. The fraction of sp³-hybridized carbons (Fsp3) is 0.333. The Morgan fingerprint density at radius 3 is 2.49 bits per heavy atom. The van der Waals surface area contributed by atoms with E-state index in [0.29, 0.717) is 18.7 Å². The number of hydrogen-bond acceptors (Lipinski definition) is 7. The predicted octanol–water partition coefficient (Wildman–Crippen LogP) is 5.44. The van der Waals surface area contributed by atoms with E-state index in [4.69, 9.17) is 4.98 Å². The van der Waals surface area contributed by atoms with E-state index in [1.54, 1.807) is 51.2 Å². The van der Waals surface area contributed by atoms with E-state index in [1.807, 2.05) is 18.2 Å². The Morgan fingerprint density at radius 1 is 0.973 bits per heavy atom. The molecule has 1 saturated heterocycles. The monoisotopic (exact) mass is 552 g/mol. The Kier molecular flexibility index (Phi) is 6.62. The van der Waals surface area contributed by atoms with Crippen LogP contribution in [-0.4, -0.2) is 55.2 Å². The summed E-state index contributed by atoms with van der Waals surface area (Å²) in [5.74, 6) is -0.253. The zero-order chi connectivity index (χ0) is 25.6. The number of sulfonamides is 1. The molecule has 1 fully saturated rings. The van der Waals surface area contributed by atoms with Crippen LogP contribution in [0.2, 0.25) is 0 Å². The molecule has 1 N–H and O–H groups in total. The maximum atomic E-state index is 13.3. The molecule has 1 amide bonds. The molecule has 0 bridgehead atoms. The molecule has 6 rings (SSSR count). The summed E-state index contributed by atoms with van der Waals surface area (Å²) in [7, 11) is -1.43. The molecule has 2 aliphatic heterocycles. The van der Waals surface area contributed by atoms with Crippen molar-refractivity contribution in [2.45, 2.75) is 37.1 Å². The van der Waals surface area contributed by atoms with E-state index in [2.05, 4.69) is 23.3 Å². The number of carbonyl (C=O) groups excluding carboxylic acids is 1. The van der Waals surface area contributed by atoms with E-state index < -0.39 is 10.0 Å². The lowest BCUT2D eigenvalue weighted by molar-refractivity contribution is 0.102. The molecule has 2 aromatic carbocycles. The number of anilines is 1. The highest BCUT2D eigenvalue weighted by atomic mass is 32.2. The second-order valence-corrected chi connectivity index (χ2v) is 13.7. The number of aromatic nitrogens is 1. The van der Waals surface area contributed by atoms with Crippen LogP contribution in [0.25, 0.3) is 20.8 Å². The van der Waals surface area contributed by atoms with Gasteiger partial charge in [-0.2, -0.15) is 4.31 Å². The zero-order valence-electron chi connectivity index (χ0n) is 20.6. The molecule has 0 unspecified atom stereocenters. The van der Waals surface area contributed by atoms with Crippen LogP contribution in [0.4, 0.5) is 5.00 Å². The molecule has 0 atom stereocenters. The molecule has 2 aliphatic rings. The molecule has 0 spiro atoms. The summed E-state index contributed by atoms with van der Waals surface area (Å²) in [6, 6.07) is 14.4. The zero-order valence-corrected chi connectivity index (χ0v) is 23.0. The fourth-order valence-corrected chi connectivity index (χ4v) is 8.98. The third kappa shape index (κ3) is 4.72. The van der Waals surface area contributed by atoms with Gasteiger partial charge in [-0.3, -0.25) is 4.79 Å². The molecule has 0 aliphatic carbocycles. The predicted molar refractivity (Wildman–Crippen MR) is 150 cm³/mol. The van der Waals surface area contributed by atoms with Gasteiger partial charge in [0.1, 0.15) is 10.0 Å². The van der Waals surface area contributed by atoms with Gasteiger partial charge in [-0.05, 0) is 68.3 Å². The smallest absolute Gasteiger partial charge is 0.256 e. The van der Waals surface area contributed by atoms with E-state index in [0.717, 1.165) is 64.6 Å². The van der Waals surface area contributed by atoms with E-state index in [9.17, 15) is 13.2 Å². The summed E-state index contributed by atoms with van der Waals surface area (Å²) in [5.41, 5.74) is 3.67. The normalized spacial score (nSPS) is 17.1. The number of piperidine rings is 1. The number of nitrogens with zero attached hydrogens (tertiary/aromatic N) is 3. The maximum Gasteiger partial charge on any atom is 0.256 e. The van der Waals surface area contributed by atoms with Crippen LogP contribution in [0.3, 0.4) is 0 Å². The van der Waals surface area contributed by atoms with Gasteiger partial charge in [-0.25, -0.2) is 13.4 Å². The lowest BCUT2D eigenvalue weighted by Crippen LogP contribution is -2.35. The third-order valence-electron chi connectivity index (χ3n) is 7.05. The number of rotatable bonds is 5. The molecule has 2 aromatic heterocycles. The highest BCUT2D eigenvalue weighted by Gasteiger charge is 2.28. The van der Waals surface area contributed by atoms with Gasteiger partial charge in [0.15, 0.2) is 0 Å². The Balaban J connectivity index is 1.30. The molecule has 0 radical (unpaired) electrons. The van der Waals surface area contributed by atoms with Gasteiger partial charge in [0, 0.05) is 42.2 Å². The van der Waals surface area contributed by atoms with E-state index >= 15 is 0 Å². The first-order valence-electron chi connectivity index (χ1n) is 12.5. The van der Waals surface area contributed by atoms with Gasteiger partial charge in [0.05, 0.1) is 15.1 Å². The van der Waals surface area contributed by atoms with Crippen molar-refractivity contribution >= 4 is 53.8 Å². The van der Waals surface area contributed by atoms with Crippen molar-refractivity contribution in [1.82, 2.24) is 14.2 Å². The van der Waals surface area contributed by atoms with Gasteiger partial charge < -0.3 is 10.2 Å². The average molecular weight is 553 g/mol. The summed E-state index contributed by atoms with van der Waals surface area (Å²) >= 11 is 3.25. The van der Waals surface area contributed by atoms with Crippen LogP contribution >= 0.6 is 22.7 Å². The van der Waals surface area contributed by atoms with Gasteiger partial charge in [0.2, 0.25) is 10.0 Å². The summed E-state index contributed by atoms with van der Waals surface area (Å²) in [5, 5.41) is 4.85. The van der Waals surface area contributed by atoms with Crippen molar-refractivity contribution in [2.75, 3.05) is 32.0 Å². The van der Waals surface area contributed by atoms with Gasteiger partial charge in [-0.1, -0.05) is 18.6 Å². The van der Waals surface area contributed by atoms with E-state index in [1.165, 1.54) is 10.4 Å². The van der Waals surface area contributed by atoms with Gasteiger partial charge in [-0.15, -0.1) is 22.7 Å². The highest BCUT2D eigenvalue weighted by Crippen LogP contribution is 2.45. The number of likely N-dealkylation sites (N-methyl/N-ethyl adjacent to an activating group) is 1. The lowest BCUT2D eigenvalue weighted by atomic mass is 10.0. The molecule has 0 saturated carbocycles. The van der Waals surface area contributed by atoms with Crippen molar-refractivity contribution in [3.63, 3.8) is 0 Å². The van der Waals surface area contributed by atoms with Crippen LogP contribution < -0.4 is 5.32 Å². The first-order chi connectivity index (χ1) is 17.9. The molecule has 192 valence electrons. The number of nitrogens with one attached hydrogen (secondary N) is 1. The SMILES string of the molecule is CN1CCc2c(sc(NC(=O)c3ccc(S(=O)(=O)N4CCCCC4)cc3)c2-c2nc3ccccc3s2)C1. The summed E-state index contributed by atoms with van der Waals surface area (Å²) in [6.07, 6.45) is 3.74. The first-order valence-corrected chi connectivity index (χ1v) is 15.6. The number of thiophene rings is 1. The summed E-state index contributed by atoms with van der Waals surface area (Å²) < 4.78 is 28.6. The summed E-state index contributed by atoms with van der Waals surface area (Å²) in [6.45, 7) is 2.91. The molecule has 4 aromatic rings. The maximum absolute atomic E-state index is 13.3. The molecule has 4 heterocycles. The number of thiazole rings is 1. The Morgan fingerprint density at radius 2 is 1.73 bits per heavy atom. The largest absolute Gasteiger partial charge is 0.313 e. The number of amides is 1. The van der Waals surface area contributed by atoms with E-state index in [-0.39, 0.29) is 10.8 Å².